The van der Waals surface area contributed by atoms with Crippen molar-refractivity contribution in [2.24, 2.45) is 0 Å². The molecule has 0 spiro atoms. The van der Waals surface area contributed by atoms with Crippen LogP contribution in [0.1, 0.15) is 0 Å². The van der Waals surface area contributed by atoms with Crippen molar-refractivity contribution in [3.05, 3.63) is 48.5 Å². The molecule has 1 saturated heterocycles. The van der Waals surface area contributed by atoms with Gasteiger partial charge in [-0.05, 0) is 19.2 Å². The van der Waals surface area contributed by atoms with E-state index in [1.165, 1.54) is 0 Å². The number of likely N-dealkylation sites (N-methyl/N-ethyl adjacent to an activating group) is 1. The standard InChI is InChI=1S/C19H20N2O2/c1-20-9-11-21(12-10-20)18-16-8-7-15(22)13-17(16)23-19(18)14-5-3-2-4-6-14/h2-8,13,22H,9-12H2,1H3. The van der Waals surface area contributed by atoms with E-state index in [0.717, 1.165) is 54.2 Å². The smallest absolute Gasteiger partial charge is 0.158 e. The van der Waals surface area contributed by atoms with Gasteiger partial charge in [0, 0.05) is 43.2 Å². The molecule has 4 nitrogen and oxygen atoms in total. The zero-order valence-corrected chi connectivity index (χ0v) is 13.2. The molecular weight excluding hydrogens is 288 g/mol. The molecule has 0 amide bonds. The number of furan rings is 1. The molecule has 118 valence electrons. The molecular formula is C19H20N2O2. The van der Waals surface area contributed by atoms with E-state index in [2.05, 4.69) is 29.0 Å². The Morgan fingerprint density at radius 1 is 0.957 bits per heavy atom. The van der Waals surface area contributed by atoms with Crippen molar-refractivity contribution in [1.29, 1.82) is 0 Å². The third-order valence-corrected chi connectivity index (χ3v) is 4.50. The first-order chi connectivity index (χ1) is 11.2. The van der Waals surface area contributed by atoms with Crippen molar-refractivity contribution in [2.75, 3.05) is 38.1 Å². The molecule has 0 radical (unpaired) electrons. The zero-order valence-electron chi connectivity index (χ0n) is 13.2. The first-order valence-corrected chi connectivity index (χ1v) is 7.97. The van der Waals surface area contributed by atoms with E-state index in [0.29, 0.717) is 0 Å². The number of rotatable bonds is 2. The minimum atomic E-state index is 0.232. The number of nitrogens with zero attached hydrogens (tertiary/aromatic N) is 2. The van der Waals surface area contributed by atoms with Crippen LogP contribution < -0.4 is 4.90 Å². The fourth-order valence-electron chi connectivity index (χ4n) is 3.20. The summed E-state index contributed by atoms with van der Waals surface area (Å²) in [4.78, 5) is 4.73. The molecule has 3 aromatic rings. The second-order valence-electron chi connectivity index (χ2n) is 6.12. The highest BCUT2D eigenvalue weighted by Crippen LogP contribution is 2.41. The molecule has 1 aromatic heterocycles. The third-order valence-electron chi connectivity index (χ3n) is 4.50. The number of fused-ring (bicyclic) bond motifs is 1. The predicted octanol–water partition coefficient (Wildman–Crippen LogP) is 3.56. The van der Waals surface area contributed by atoms with Crippen LogP contribution in [0.5, 0.6) is 5.75 Å². The van der Waals surface area contributed by atoms with Gasteiger partial charge in [0.2, 0.25) is 0 Å². The van der Waals surface area contributed by atoms with Crippen LogP contribution in [-0.2, 0) is 0 Å². The summed E-state index contributed by atoms with van der Waals surface area (Å²) < 4.78 is 6.13. The number of aromatic hydroxyl groups is 1. The van der Waals surface area contributed by atoms with E-state index < -0.39 is 0 Å². The van der Waals surface area contributed by atoms with Gasteiger partial charge in [0.15, 0.2) is 5.76 Å². The fourth-order valence-corrected chi connectivity index (χ4v) is 3.20. The zero-order chi connectivity index (χ0) is 15.8. The Balaban J connectivity index is 1.89. The highest BCUT2D eigenvalue weighted by Gasteiger charge is 2.24. The average molecular weight is 308 g/mol. The van der Waals surface area contributed by atoms with E-state index in [-0.39, 0.29) is 5.75 Å². The summed E-state index contributed by atoms with van der Waals surface area (Å²) >= 11 is 0. The van der Waals surface area contributed by atoms with E-state index >= 15 is 0 Å². The first kappa shape index (κ1) is 14.2. The van der Waals surface area contributed by atoms with Crippen molar-refractivity contribution >= 4 is 16.7 Å². The molecule has 0 atom stereocenters. The lowest BCUT2D eigenvalue weighted by molar-refractivity contribution is 0.313. The second kappa shape index (κ2) is 5.63. The Hall–Kier alpha value is -2.46. The van der Waals surface area contributed by atoms with Crippen molar-refractivity contribution in [3.8, 4) is 17.1 Å². The minimum absolute atomic E-state index is 0.232. The lowest BCUT2D eigenvalue weighted by atomic mass is 10.1. The Morgan fingerprint density at radius 2 is 1.70 bits per heavy atom. The maximum atomic E-state index is 9.77. The highest BCUT2D eigenvalue weighted by molar-refractivity contribution is 5.99. The summed E-state index contributed by atoms with van der Waals surface area (Å²) in [5.74, 6) is 1.12. The molecule has 2 heterocycles. The summed E-state index contributed by atoms with van der Waals surface area (Å²) in [6, 6.07) is 15.6. The van der Waals surface area contributed by atoms with Gasteiger partial charge in [-0.2, -0.15) is 0 Å². The molecule has 0 aliphatic carbocycles. The van der Waals surface area contributed by atoms with Gasteiger partial charge in [0.1, 0.15) is 11.3 Å². The Labute approximate surface area is 135 Å². The molecule has 23 heavy (non-hydrogen) atoms. The quantitative estimate of drug-likeness (QED) is 0.786. The molecule has 2 aromatic carbocycles. The lowest BCUT2D eigenvalue weighted by Crippen LogP contribution is -2.44. The van der Waals surface area contributed by atoms with Crippen molar-refractivity contribution < 1.29 is 9.52 Å². The van der Waals surface area contributed by atoms with Crippen molar-refractivity contribution in [3.63, 3.8) is 0 Å². The Kier molecular flexibility index (Phi) is 3.46. The van der Waals surface area contributed by atoms with Gasteiger partial charge in [-0.1, -0.05) is 30.3 Å². The van der Waals surface area contributed by atoms with Gasteiger partial charge in [-0.3, -0.25) is 0 Å². The van der Waals surface area contributed by atoms with Crippen LogP contribution >= 0.6 is 0 Å². The molecule has 4 rings (SSSR count). The summed E-state index contributed by atoms with van der Waals surface area (Å²) in [6.07, 6.45) is 0. The summed E-state index contributed by atoms with van der Waals surface area (Å²) in [5.41, 5.74) is 2.94. The fraction of sp³-hybridized carbons (Fsp3) is 0.263. The van der Waals surface area contributed by atoms with Gasteiger partial charge in [-0.15, -0.1) is 0 Å². The van der Waals surface area contributed by atoms with Crippen LogP contribution in [0.2, 0.25) is 0 Å². The number of anilines is 1. The molecule has 4 heteroatoms. The van der Waals surface area contributed by atoms with E-state index in [9.17, 15) is 5.11 Å². The van der Waals surface area contributed by atoms with Crippen LogP contribution in [0, 0.1) is 0 Å². The summed E-state index contributed by atoms with van der Waals surface area (Å²) in [6.45, 7) is 4.04. The SMILES string of the molecule is CN1CCN(c2c(-c3ccccc3)oc3cc(O)ccc23)CC1. The topological polar surface area (TPSA) is 39.9 Å². The van der Waals surface area contributed by atoms with Crippen molar-refractivity contribution in [1.82, 2.24) is 4.90 Å². The number of hydrogen-bond acceptors (Lipinski definition) is 4. The molecule has 0 bridgehead atoms. The lowest BCUT2D eigenvalue weighted by Gasteiger charge is -2.34. The molecule has 1 fully saturated rings. The molecule has 1 aliphatic heterocycles. The van der Waals surface area contributed by atoms with Crippen LogP contribution in [0.3, 0.4) is 0 Å². The maximum absolute atomic E-state index is 9.77. The summed E-state index contributed by atoms with van der Waals surface area (Å²) in [5, 5.41) is 10.8. The highest BCUT2D eigenvalue weighted by atomic mass is 16.3. The van der Waals surface area contributed by atoms with E-state index in [1.54, 1.807) is 12.1 Å². The maximum Gasteiger partial charge on any atom is 0.158 e. The van der Waals surface area contributed by atoms with Crippen LogP contribution in [0.25, 0.3) is 22.3 Å². The van der Waals surface area contributed by atoms with Gasteiger partial charge in [0.05, 0.1) is 5.69 Å². The molecule has 1 N–H and O–H groups in total. The number of hydrogen-bond donors (Lipinski definition) is 1. The van der Waals surface area contributed by atoms with Gasteiger partial charge >= 0.3 is 0 Å². The monoisotopic (exact) mass is 308 g/mol. The van der Waals surface area contributed by atoms with Crippen LogP contribution in [-0.4, -0.2) is 43.2 Å². The molecule has 0 unspecified atom stereocenters. The largest absolute Gasteiger partial charge is 0.508 e. The van der Waals surface area contributed by atoms with Gasteiger partial charge < -0.3 is 19.3 Å². The number of phenolic OH excluding ortho intramolecular Hbond substituents is 1. The van der Waals surface area contributed by atoms with E-state index in [4.69, 9.17) is 4.42 Å². The van der Waals surface area contributed by atoms with E-state index in [1.807, 2.05) is 24.3 Å². The Morgan fingerprint density at radius 3 is 2.43 bits per heavy atom. The normalized spacial score (nSPS) is 16.1. The predicted molar refractivity (Wildman–Crippen MR) is 93.0 cm³/mol. The first-order valence-electron chi connectivity index (χ1n) is 7.97. The van der Waals surface area contributed by atoms with Gasteiger partial charge in [0.25, 0.3) is 0 Å². The minimum Gasteiger partial charge on any atom is -0.508 e. The second-order valence-corrected chi connectivity index (χ2v) is 6.12. The van der Waals surface area contributed by atoms with Gasteiger partial charge in [-0.25, -0.2) is 0 Å². The summed E-state index contributed by atoms with van der Waals surface area (Å²) in [7, 11) is 2.15. The Bertz CT molecular complexity index is 818. The van der Waals surface area contributed by atoms with Crippen LogP contribution in [0.15, 0.2) is 52.9 Å². The number of piperazine rings is 1. The molecule has 1 aliphatic rings. The van der Waals surface area contributed by atoms with Crippen LogP contribution in [0.4, 0.5) is 5.69 Å². The van der Waals surface area contributed by atoms with Crippen molar-refractivity contribution in [2.45, 2.75) is 0 Å². The molecule has 0 saturated carbocycles. The number of phenols is 1. The number of benzene rings is 2. The third kappa shape index (κ3) is 2.55. The average Bonchev–Trinajstić information content (AvgIpc) is 2.95.